The van der Waals surface area contributed by atoms with Crippen molar-refractivity contribution >= 4 is 5.78 Å². The lowest BCUT2D eigenvalue weighted by Crippen LogP contribution is -2.57. The standard InChI is InChI=1S/C13H18FN3O/c1-13(2,17-7-5-15-6-8-17)12(18)10-3-4-16-9-11(10)14/h3-4,9,15H,5-8H2,1-2H3. The summed E-state index contributed by atoms with van der Waals surface area (Å²) in [6, 6.07) is 1.45. The Morgan fingerprint density at radius 1 is 1.44 bits per heavy atom. The van der Waals surface area contributed by atoms with Gasteiger partial charge in [0.05, 0.1) is 17.3 Å². The largest absolute Gasteiger partial charge is 0.314 e. The van der Waals surface area contributed by atoms with E-state index in [1.165, 1.54) is 12.3 Å². The first kappa shape index (κ1) is 13.1. The fraction of sp³-hybridized carbons (Fsp3) is 0.538. The summed E-state index contributed by atoms with van der Waals surface area (Å²) in [5.41, 5.74) is -0.571. The molecule has 0 radical (unpaired) electrons. The third kappa shape index (κ3) is 2.42. The first-order chi connectivity index (χ1) is 8.53. The summed E-state index contributed by atoms with van der Waals surface area (Å²) in [5, 5.41) is 3.24. The second-order valence-corrected chi connectivity index (χ2v) is 4.98. The number of nitrogens with one attached hydrogen (secondary N) is 1. The van der Waals surface area contributed by atoms with E-state index in [2.05, 4.69) is 15.2 Å². The van der Waals surface area contributed by atoms with E-state index in [1.807, 2.05) is 13.8 Å². The third-order valence-corrected chi connectivity index (χ3v) is 3.48. The lowest BCUT2D eigenvalue weighted by Gasteiger charge is -2.40. The van der Waals surface area contributed by atoms with Crippen molar-refractivity contribution in [2.75, 3.05) is 26.2 Å². The van der Waals surface area contributed by atoms with E-state index in [0.717, 1.165) is 32.4 Å². The van der Waals surface area contributed by atoms with Crippen LogP contribution in [0.25, 0.3) is 0 Å². The molecule has 1 aromatic rings. The molecule has 0 amide bonds. The van der Waals surface area contributed by atoms with Gasteiger partial charge in [-0.2, -0.15) is 0 Å². The topological polar surface area (TPSA) is 45.2 Å². The molecule has 1 fully saturated rings. The lowest BCUT2D eigenvalue weighted by molar-refractivity contribution is 0.0598. The summed E-state index contributed by atoms with van der Waals surface area (Å²) in [6.07, 6.45) is 2.53. The van der Waals surface area contributed by atoms with Crippen molar-refractivity contribution in [3.8, 4) is 0 Å². The highest BCUT2D eigenvalue weighted by Gasteiger charge is 2.36. The van der Waals surface area contributed by atoms with Crippen molar-refractivity contribution in [2.45, 2.75) is 19.4 Å². The molecule has 0 aromatic carbocycles. The maximum atomic E-state index is 13.6. The van der Waals surface area contributed by atoms with Crippen LogP contribution in [0.5, 0.6) is 0 Å². The van der Waals surface area contributed by atoms with Gasteiger partial charge in [0.1, 0.15) is 0 Å². The molecule has 0 unspecified atom stereocenters. The summed E-state index contributed by atoms with van der Waals surface area (Å²) in [4.78, 5) is 18.2. The van der Waals surface area contributed by atoms with Crippen LogP contribution in [0.4, 0.5) is 4.39 Å². The average molecular weight is 251 g/mol. The smallest absolute Gasteiger partial charge is 0.185 e. The van der Waals surface area contributed by atoms with Gasteiger partial charge in [-0.25, -0.2) is 4.39 Å². The molecule has 1 saturated heterocycles. The molecule has 4 nitrogen and oxygen atoms in total. The Balaban J connectivity index is 2.24. The Labute approximate surface area is 106 Å². The van der Waals surface area contributed by atoms with Gasteiger partial charge in [0.2, 0.25) is 0 Å². The maximum absolute atomic E-state index is 13.6. The zero-order valence-corrected chi connectivity index (χ0v) is 10.7. The Hall–Kier alpha value is -1.33. The van der Waals surface area contributed by atoms with Gasteiger partial charge in [0.25, 0.3) is 0 Å². The fourth-order valence-corrected chi connectivity index (χ4v) is 2.26. The Kier molecular flexibility index (Phi) is 3.73. The van der Waals surface area contributed by atoms with Gasteiger partial charge in [-0.1, -0.05) is 0 Å². The van der Waals surface area contributed by atoms with Crippen LogP contribution in [0.3, 0.4) is 0 Å². The molecule has 2 rings (SSSR count). The minimum atomic E-state index is -0.690. The number of rotatable bonds is 3. The molecule has 2 heterocycles. The molecule has 0 atom stereocenters. The van der Waals surface area contributed by atoms with Crippen LogP contribution < -0.4 is 5.32 Å². The normalized spacial score (nSPS) is 17.7. The second kappa shape index (κ2) is 5.12. The number of ketones is 1. The molecule has 1 aromatic heterocycles. The fourth-order valence-electron chi connectivity index (χ4n) is 2.26. The number of hydrogen-bond donors (Lipinski definition) is 1. The first-order valence-corrected chi connectivity index (χ1v) is 6.13. The Bertz CT molecular complexity index is 442. The van der Waals surface area contributed by atoms with Crippen LogP contribution in [0.1, 0.15) is 24.2 Å². The van der Waals surface area contributed by atoms with Crippen LogP contribution in [0, 0.1) is 5.82 Å². The van der Waals surface area contributed by atoms with Crippen LogP contribution >= 0.6 is 0 Å². The van der Waals surface area contributed by atoms with Gasteiger partial charge in [-0.05, 0) is 19.9 Å². The molecule has 1 aliphatic heterocycles. The van der Waals surface area contributed by atoms with Gasteiger partial charge >= 0.3 is 0 Å². The number of hydrogen-bond acceptors (Lipinski definition) is 4. The van der Waals surface area contributed by atoms with E-state index < -0.39 is 11.4 Å². The van der Waals surface area contributed by atoms with Gasteiger partial charge in [-0.15, -0.1) is 0 Å². The molecule has 18 heavy (non-hydrogen) atoms. The summed E-state index contributed by atoms with van der Waals surface area (Å²) in [5.74, 6) is -0.741. The maximum Gasteiger partial charge on any atom is 0.185 e. The minimum absolute atomic E-state index is 0.119. The van der Waals surface area contributed by atoms with Crippen LogP contribution in [-0.2, 0) is 0 Å². The summed E-state index contributed by atoms with van der Waals surface area (Å²) in [7, 11) is 0. The van der Waals surface area contributed by atoms with E-state index in [9.17, 15) is 9.18 Å². The van der Waals surface area contributed by atoms with Crippen molar-refractivity contribution in [3.63, 3.8) is 0 Å². The quantitative estimate of drug-likeness (QED) is 0.817. The lowest BCUT2D eigenvalue weighted by atomic mass is 9.91. The van der Waals surface area contributed by atoms with Crippen molar-refractivity contribution in [1.82, 2.24) is 15.2 Å². The molecular weight excluding hydrogens is 233 g/mol. The zero-order valence-electron chi connectivity index (χ0n) is 10.7. The minimum Gasteiger partial charge on any atom is -0.314 e. The number of pyridine rings is 1. The second-order valence-electron chi connectivity index (χ2n) is 4.98. The summed E-state index contributed by atoms with van der Waals surface area (Å²) in [6.45, 7) is 7.00. The predicted octanol–water partition coefficient (Wildman–Crippen LogP) is 1.09. The molecule has 5 heteroatoms. The highest BCUT2D eigenvalue weighted by Crippen LogP contribution is 2.22. The van der Waals surface area contributed by atoms with E-state index in [0.29, 0.717) is 0 Å². The molecule has 0 bridgehead atoms. The number of carbonyl (C=O) groups is 1. The van der Waals surface area contributed by atoms with E-state index in [4.69, 9.17) is 0 Å². The van der Waals surface area contributed by atoms with Gasteiger partial charge < -0.3 is 5.32 Å². The highest BCUT2D eigenvalue weighted by atomic mass is 19.1. The zero-order chi connectivity index (χ0) is 13.2. The molecule has 1 aliphatic rings. The van der Waals surface area contributed by atoms with Crippen LogP contribution in [-0.4, -0.2) is 47.4 Å². The van der Waals surface area contributed by atoms with Gasteiger partial charge in [0.15, 0.2) is 11.6 Å². The van der Waals surface area contributed by atoms with E-state index in [1.54, 1.807) is 0 Å². The van der Waals surface area contributed by atoms with Crippen LogP contribution in [0.2, 0.25) is 0 Å². The van der Waals surface area contributed by atoms with Gasteiger partial charge in [0, 0.05) is 32.4 Å². The molecule has 0 aliphatic carbocycles. The molecule has 98 valence electrons. The van der Waals surface area contributed by atoms with Crippen molar-refractivity contribution < 1.29 is 9.18 Å². The monoisotopic (exact) mass is 251 g/mol. The number of piperazine rings is 1. The molecule has 1 N–H and O–H groups in total. The molecular formula is C13H18FN3O. The number of carbonyl (C=O) groups excluding carboxylic acids is 1. The van der Waals surface area contributed by atoms with Crippen molar-refractivity contribution in [3.05, 3.63) is 29.8 Å². The van der Waals surface area contributed by atoms with Crippen molar-refractivity contribution in [1.29, 1.82) is 0 Å². The SMILES string of the molecule is CC(C)(C(=O)c1ccncc1F)N1CCNCC1. The summed E-state index contributed by atoms with van der Waals surface area (Å²) >= 11 is 0. The molecule has 0 spiro atoms. The van der Waals surface area contributed by atoms with E-state index in [-0.39, 0.29) is 11.3 Å². The Morgan fingerprint density at radius 2 is 2.11 bits per heavy atom. The first-order valence-electron chi connectivity index (χ1n) is 6.13. The number of aromatic nitrogens is 1. The highest BCUT2D eigenvalue weighted by molar-refractivity contribution is 6.02. The number of nitrogens with zero attached hydrogens (tertiary/aromatic N) is 2. The van der Waals surface area contributed by atoms with Crippen LogP contribution in [0.15, 0.2) is 18.5 Å². The predicted molar refractivity (Wildman–Crippen MR) is 67.0 cm³/mol. The number of halogens is 1. The van der Waals surface area contributed by atoms with E-state index >= 15 is 0 Å². The summed E-state index contributed by atoms with van der Waals surface area (Å²) < 4.78 is 13.6. The average Bonchev–Trinajstić information content (AvgIpc) is 2.39. The van der Waals surface area contributed by atoms with Gasteiger partial charge in [-0.3, -0.25) is 14.7 Å². The number of Topliss-reactive ketones (excluding diaryl/α,β-unsaturated/α-hetero) is 1. The molecule has 0 saturated carbocycles. The Morgan fingerprint density at radius 3 is 2.72 bits per heavy atom. The third-order valence-electron chi connectivity index (χ3n) is 3.48. The van der Waals surface area contributed by atoms with Crippen molar-refractivity contribution in [2.24, 2.45) is 0 Å².